The minimum atomic E-state index is -0.210. The summed E-state index contributed by atoms with van der Waals surface area (Å²) in [6, 6.07) is 12.6. The van der Waals surface area contributed by atoms with Gasteiger partial charge in [0.1, 0.15) is 12.4 Å². The summed E-state index contributed by atoms with van der Waals surface area (Å²) < 4.78 is 10.4. The highest BCUT2D eigenvalue weighted by Crippen LogP contribution is 2.19. The summed E-state index contributed by atoms with van der Waals surface area (Å²) in [6.45, 7) is 5.36. The molecule has 0 spiro atoms. The van der Waals surface area contributed by atoms with Crippen molar-refractivity contribution in [1.82, 2.24) is 10.2 Å². The zero-order valence-corrected chi connectivity index (χ0v) is 15.7. The van der Waals surface area contributed by atoms with Crippen molar-refractivity contribution in [1.29, 1.82) is 0 Å². The number of benzene rings is 1. The predicted octanol–water partition coefficient (Wildman–Crippen LogP) is 3.73. The molecule has 0 bridgehead atoms. The SMILES string of the molecule is COCc1ccc(C(=O)NCc2ccc(CN3CCCC[C@H]3C)cc2)o1. The smallest absolute Gasteiger partial charge is 0.287 e. The number of furan rings is 1. The van der Waals surface area contributed by atoms with Gasteiger partial charge in [-0.05, 0) is 49.6 Å². The van der Waals surface area contributed by atoms with Gasteiger partial charge in [-0.25, -0.2) is 0 Å². The van der Waals surface area contributed by atoms with Gasteiger partial charge >= 0.3 is 0 Å². The molecule has 1 atom stereocenters. The minimum Gasteiger partial charge on any atom is -0.453 e. The predicted molar refractivity (Wildman–Crippen MR) is 101 cm³/mol. The maximum absolute atomic E-state index is 12.1. The van der Waals surface area contributed by atoms with Crippen LogP contribution in [-0.4, -0.2) is 30.5 Å². The molecule has 2 heterocycles. The van der Waals surface area contributed by atoms with Crippen molar-refractivity contribution in [2.24, 2.45) is 0 Å². The second kappa shape index (κ2) is 9.01. The van der Waals surface area contributed by atoms with Crippen molar-refractivity contribution in [3.63, 3.8) is 0 Å². The van der Waals surface area contributed by atoms with Crippen molar-refractivity contribution in [2.75, 3.05) is 13.7 Å². The third kappa shape index (κ3) is 4.96. The summed E-state index contributed by atoms with van der Waals surface area (Å²) in [6.07, 6.45) is 3.94. The molecule has 1 fully saturated rings. The number of amides is 1. The molecule has 1 aromatic carbocycles. The van der Waals surface area contributed by atoms with E-state index < -0.39 is 0 Å². The van der Waals surface area contributed by atoms with Crippen molar-refractivity contribution >= 4 is 5.91 Å². The van der Waals surface area contributed by atoms with Crippen LogP contribution in [0.1, 0.15) is 53.6 Å². The molecule has 140 valence electrons. The summed E-state index contributed by atoms with van der Waals surface area (Å²) in [4.78, 5) is 14.7. The molecular formula is C21H28N2O3. The van der Waals surface area contributed by atoms with Gasteiger partial charge in [0.25, 0.3) is 5.91 Å². The van der Waals surface area contributed by atoms with E-state index in [1.54, 1.807) is 19.2 Å². The zero-order chi connectivity index (χ0) is 18.4. The van der Waals surface area contributed by atoms with Crippen molar-refractivity contribution in [3.05, 3.63) is 59.0 Å². The van der Waals surface area contributed by atoms with Crippen molar-refractivity contribution < 1.29 is 13.9 Å². The van der Waals surface area contributed by atoms with Crippen LogP contribution in [0.3, 0.4) is 0 Å². The summed E-state index contributed by atoms with van der Waals surface area (Å²) >= 11 is 0. The molecule has 0 aliphatic carbocycles. The Morgan fingerprint density at radius 1 is 1.19 bits per heavy atom. The van der Waals surface area contributed by atoms with Crippen LogP contribution in [-0.2, 0) is 24.4 Å². The second-order valence-electron chi connectivity index (χ2n) is 7.01. The molecular weight excluding hydrogens is 328 g/mol. The maximum Gasteiger partial charge on any atom is 0.287 e. The molecule has 0 radical (unpaired) electrons. The molecule has 0 saturated carbocycles. The molecule has 1 N–H and O–H groups in total. The molecule has 1 aliphatic rings. The van der Waals surface area contributed by atoms with Crippen LogP contribution >= 0.6 is 0 Å². The maximum atomic E-state index is 12.1. The lowest BCUT2D eigenvalue weighted by Gasteiger charge is -2.33. The van der Waals surface area contributed by atoms with Gasteiger partial charge in [0, 0.05) is 26.2 Å². The van der Waals surface area contributed by atoms with Crippen LogP contribution in [0.5, 0.6) is 0 Å². The number of piperidine rings is 1. The van der Waals surface area contributed by atoms with E-state index in [0.717, 1.165) is 12.1 Å². The number of methoxy groups -OCH3 is 1. The number of hydrogen-bond donors (Lipinski definition) is 1. The number of carbonyl (C=O) groups excluding carboxylic acids is 1. The molecule has 1 aromatic heterocycles. The Morgan fingerprint density at radius 2 is 1.96 bits per heavy atom. The standard InChI is InChI=1S/C21H28N2O3/c1-16-5-3-4-12-23(16)14-18-8-6-17(7-9-18)13-22-21(24)20-11-10-19(26-20)15-25-2/h6-11,16H,3-5,12-15H2,1-2H3,(H,22,24)/t16-/m1/s1. The highest BCUT2D eigenvalue weighted by molar-refractivity contribution is 5.91. The van der Waals surface area contributed by atoms with E-state index in [9.17, 15) is 4.79 Å². The molecule has 3 rings (SSSR count). The Balaban J connectivity index is 1.49. The lowest BCUT2D eigenvalue weighted by Crippen LogP contribution is -2.36. The fourth-order valence-electron chi connectivity index (χ4n) is 3.38. The van der Waals surface area contributed by atoms with Crippen molar-refractivity contribution in [2.45, 2.75) is 51.9 Å². The van der Waals surface area contributed by atoms with Crippen LogP contribution < -0.4 is 5.32 Å². The van der Waals surface area contributed by atoms with Crippen LogP contribution in [0.2, 0.25) is 0 Å². The number of nitrogens with one attached hydrogen (secondary N) is 1. The normalized spacial score (nSPS) is 18.0. The lowest BCUT2D eigenvalue weighted by atomic mass is 10.0. The third-order valence-corrected chi connectivity index (χ3v) is 4.97. The van der Waals surface area contributed by atoms with Gasteiger partial charge in [-0.2, -0.15) is 0 Å². The fraction of sp³-hybridized carbons (Fsp3) is 0.476. The molecule has 26 heavy (non-hydrogen) atoms. The first kappa shape index (κ1) is 18.7. The van der Waals surface area contributed by atoms with E-state index in [1.165, 1.54) is 31.4 Å². The van der Waals surface area contributed by atoms with E-state index in [4.69, 9.17) is 9.15 Å². The van der Waals surface area contributed by atoms with E-state index >= 15 is 0 Å². The first-order valence-corrected chi connectivity index (χ1v) is 9.33. The Bertz CT molecular complexity index is 708. The van der Waals surface area contributed by atoms with E-state index in [1.807, 2.05) is 0 Å². The van der Waals surface area contributed by atoms with E-state index in [0.29, 0.717) is 30.7 Å². The zero-order valence-electron chi connectivity index (χ0n) is 15.7. The quantitative estimate of drug-likeness (QED) is 0.821. The topological polar surface area (TPSA) is 54.7 Å². The largest absolute Gasteiger partial charge is 0.453 e. The molecule has 5 nitrogen and oxygen atoms in total. The average molecular weight is 356 g/mol. The number of carbonyl (C=O) groups is 1. The molecule has 1 amide bonds. The second-order valence-corrected chi connectivity index (χ2v) is 7.01. The number of hydrogen-bond acceptors (Lipinski definition) is 4. The summed E-state index contributed by atoms with van der Waals surface area (Å²) in [7, 11) is 1.60. The van der Waals surface area contributed by atoms with Gasteiger partial charge in [-0.1, -0.05) is 30.7 Å². The van der Waals surface area contributed by atoms with Crippen molar-refractivity contribution in [3.8, 4) is 0 Å². The summed E-state index contributed by atoms with van der Waals surface area (Å²) in [5.74, 6) is 0.750. The highest BCUT2D eigenvalue weighted by atomic mass is 16.5. The first-order chi connectivity index (χ1) is 12.7. The summed E-state index contributed by atoms with van der Waals surface area (Å²) in [5, 5.41) is 2.89. The van der Waals surface area contributed by atoms with Crippen LogP contribution in [0.15, 0.2) is 40.8 Å². The van der Waals surface area contributed by atoms with E-state index in [-0.39, 0.29) is 5.91 Å². The van der Waals surface area contributed by atoms with Gasteiger partial charge in [0.2, 0.25) is 0 Å². The Hall–Kier alpha value is -2.11. The molecule has 5 heteroatoms. The number of likely N-dealkylation sites (tertiary alicyclic amines) is 1. The fourth-order valence-corrected chi connectivity index (χ4v) is 3.38. The number of ether oxygens (including phenoxy) is 1. The van der Waals surface area contributed by atoms with E-state index in [2.05, 4.69) is 41.4 Å². The number of nitrogens with zero attached hydrogens (tertiary/aromatic N) is 1. The Kier molecular flexibility index (Phi) is 6.47. The van der Waals surface area contributed by atoms with Crippen LogP contribution in [0, 0.1) is 0 Å². The average Bonchev–Trinajstić information content (AvgIpc) is 3.12. The van der Waals surface area contributed by atoms with Crippen LogP contribution in [0.4, 0.5) is 0 Å². The van der Waals surface area contributed by atoms with Gasteiger partial charge < -0.3 is 14.5 Å². The Morgan fingerprint density at radius 3 is 2.69 bits per heavy atom. The van der Waals surface area contributed by atoms with Gasteiger partial charge in [0.05, 0.1) is 0 Å². The number of rotatable bonds is 7. The third-order valence-electron chi connectivity index (χ3n) is 4.97. The van der Waals surface area contributed by atoms with Gasteiger partial charge in [-0.3, -0.25) is 9.69 Å². The van der Waals surface area contributed by atoms with Gasteiger partial charge in [0.15, 0.2) is 5.76 Å². The first-order valence-electron chi connectivity index (χ1n) is 9.33. The monoisotopic (exact) mass is 356 g/mol. The lowest BCUT2D eigenvalue weighted by molar-refractivity contribution is 0.0914. The molecule has 2 aromatic rings. The highest BCUT2D eigenvalue weighted by Gasteiger charge is 2.18. The van der Waals surface area contributed by atoms with Crippen LogP contribution in [0.25, 0.3) is 0 Å². The summed E-state index contributed by atoms with van der Waals surface area (Å²) in [5.41, 5.74) is 2.40. The molecule has 1 saturated heterocycles. The Labute approximate surface area is 155 Å². The van der Waals surface area contributed by atoms with Gasteiger partial charge in [-0.15, -0.1) is 0 Å². The molecule has 0 unspecified atom stereocenters. The minimum absolute atomic E-state index is 0.210. The molecule has 1 aliphatic heterocycles.